The van der Waals surface area contributed by atoms with Gasteiger partial charge >= 0.3 is 0 Å². The number of anilines is 2. The normalized spacial score (nSPS) is 13.1. The van der Waals surface area contributed by atoms with Gasteiger partial charge in [0.15, 0.2) is 0 Å². The van der Waals surface area contributed by atoms with E-state index in [1.807, 2.05) is 18.2 Å². The lowest BCUT2D eigenvalue weighted by Gasteiger charge is -2.38. The molecule has 0 atom stereocenters. The highest BCUT2D eigenvalue weighted by molar-refractivity contribution is 5.82. The first-order valence-electron chi connectivity index (χ1n) is 11.6. The first-order chi connectivity index (χ1) is 17.2. The van der Waals surface area contributed by atoms with E-state index < -0.39 is 5.92 Å². The molecule has 2 N–H and O–H groups in total. The van der Waals surface area contributed by atoms with E-state index in [0.717, 1.165) is 61.2 Å². The molecule has 0 unspecified atom stereocenters. The number of rotatable bonds is 5. The van der Waals surface area contributed by atoms with Crippen LogP contribution in [0.1, 0.15) is 18.1 Å². The third-order valence-corrected chi connectivity index (χ3v) is 5.91. The first kappa shape index (κ1) is 28.3. The molecule has 0 saturated carbocycles. The van der Waals surface area contributed by atoms with Crippen molar-refractivity contribution in [3.8, 4) is 11.1 Å². The van der Waals surface area contributed by atoms with Gasteiger partial charge in [-0.2, -0.15) is 0 Å². The second kappa shape index (κ2) is 12.7. The molecular weight excluding hydrogens is 459 g/mol. The van der Waals surface area contributed by atoms with Crippen molar-refractivity contribution in [2.24, 2.45) is 0 Å². The van der Waals surface area contributed by atoms with Crippen molar-refractivity contribution in [3.05, 3.63) is 117 Å². The largest absolute Gasteiger partial charge is 0.399 e. The number of nitrogen functional groups attached to an aromatic ring is 1. The lowest BCUT2D eigenvalue weighted by atomic mass is 9.96. The minimum Gasteiger partial charge on any atom is -0.399 e. The van der Waals surface area contributed by atoms with Crippen LogP contribution in [0.25, 0.3) is 16.8 Å². The molecule has 0 aromatic heterocycles. The fourth-order valence-corrected chi connectivity index (χ4v) is 4.05. The summed E-state index contributed by atoms with van der Waals surface area (Å²) in [5, 5.41) is 0. The zero-order valence-corrected chi connectivity index (χ0v) is 20.8. The van der Waals surface area contributed by atoms with Crippen LogP contribution in [0.3, 0.4) is 0 Å². The van der Waals surface area contributed by atoms with Gasteiger partial charge in [-0.3, -0.25) is 0 Å². The first-order valence-corrected chi connectivity index (χ1v) is 11.6. The molecule has 190 valence electrons. The Morgan fingerprint density at radius 1 is 0.833 bits per heavy atom. The van der Waals surface area contributed by atoms with Crippen LogP contribution < -0.4 is 10.6 Å². The molecule has 1 saturated heterocycles. The van der Waals surface area contributed by atoms with Crippen LogP contribution >= 0.6 is 0 Å². The SMILES string of the molecule is C=C.C=C.C=C(c1cc(N)ccc1-c1ccc(F)cc1)N1CCN(c2ccc(C(C)(F)F)cc2)CC1. The molecule has 0 radical (unpaired) electrons. The van der Waals surface area contributed by atoms with Crippen molar-refractivity contribution in [3.63, 3.8) is 0 Å². The Morgan fingerprint density at radius 2 is 1.39 bits per heavy atom. The third kappa shape index (κ3) is 6.81. The predicted molar refractivity (Wildman–Crippen MR) is 148 cm³/mol. The molecule has 1 heterocycles. The fraction of sp³-hybridized carbons (Fsp3) is 0.200. The molecule has 1 aliphatic rings. The van der Waals surface area contributed by atoms with Crippen LogP contribution in [-0.2, 0) is 5.92 Å². The van der Waals surface area contributed by atoms with E-state index in [-0.39, 0.29) is 11.4 Å². The zero-order chi connectivity index (χ0) is 26.9. The van der Waals surface area contributed by atoms with Crippen LogP contribution in [0.5, 0.6) is 0 Å². The molecule has 3 aromatic carbocycles. The average Bonchev–Trinajstić information content (AvgIpc) is 2.91. The van der Waals surface area contributed by atoms with Crippen molar-refractivity contribution in [2.45, 2.75) is 12.8 Å². The minimum atomic E-state index is -2.84. The van der Waals surface area contributed by atoms with Crippen LogP contribution in [0.4, 0.5) is 24.5 Å². The molecule has 0 spiro atoms. The maximum absolute atomic E-state index is 13.5. The van der Waals surface area contributed by atoms with Crippen LogP contribution in [0.2, 0.25) is 0 Å². The predicted octanol–water partition coefficient (Wildman–Crippen LogP) is 7.58. The molecule has 3 aromatic rings. The van der Waals surface area contributed by atoms with Gasteiger partial charge in [-0.25, -0.2) is 13.2 Å². The fourth-order valence-electron chi connectivity index (χ4n) is 4.05. The molecule has 0 aliphatic carbocycles. The Kier molecular flexibility index (Phi) is 9.97. The third-order valence-electron chi connectivity index (χ3n) is 5.91. The van der Waals surface area contributed by atoms with E-state index in [1.165, 1.54) is 24.3 Å². The summed E-state index contributed by atoms with van der Waals surface area (Å²) in [4.78, 5) is 4.38. The Labute approximate surface area is 212 Å². The van der Waals surface area contributed by atoms with Gasteiger partial charge in [-0.15, -0.1) is 26.3 Å². The summed E-state index contributed by atoms with van der Waals surface area (Å²) in [5.74, 6) is -3.12. The second-order valence-corrected chi connectivity index (χ2v) is 8.17. The van der Waals surface area contributed by atoms with Crippen molar-refractivity contribution in [2.75, 3.05) is 36.8 Å². The Bertz CT molecular complexity index is 1130. The van der Waals surface area contributed by atoms with E-state index >= 15 is 0 Å². The molecule has 0 amide bonds. The van der Waals surface area contributed by atoms with Gasteiger partial charge in [0, 0.05) is 61.3 Å². The van der Waals surface area contributed by atoms with Gasteiger partial charge < -0.3 is 15.5 Å². The van der Waals surface area contributed by atoms with Gasteiger partial charge in [0.2, 0.25) is 0 Å². The molecule has 0 bridgehead atoms. The Morgan fingerprint density at radius 3 is 1.92 bits per heavy atom. The van der Waals surface area contributed by atoms with Crippen molar-refractivity contribution < 1.29 is 13.2 Å². The summed E-state index contributed by atoms with van der Waals surface area (Å²) in [5.41, 5.74) is 11.3. The summed E-state index contributed by atoms with van der Waals surface area (Å²) in [6.07, 6.45) is 0. The molecule has 6 heteroatoms. The van der Waals surface area contributed by atoms with Gasteiger partial charge in [-0.05, 0) is 47.5 Å². The van der Waals surface area contributed by atoms with E-state index in [2.05, 4.69) is 42.7 Å². The second-order valence-electron chi connectivity index (χ2n) is 8.17. The molecule has 36 heavy (non-hydrogen) atoms. The number of benzene rings is 3. The molecule has 3 nitrogen and oxygen atoms in total. The maximum atomic E-state index is 13.5. The van der Waals surface area contributed by atoms with Crippen molar-refractivity contribution in [1.29, 1.82) is 0 Å². The highest BCUT2D eigenvalue weighted by atomic mass is 19.3. The highest BCUT2D eigenvalue weighted by Crippen LogP contribution is 2.33. The highest BCUT2D eigenvalue weighted by Gasteiger charge is 2.25. The van der Waals surface area contributed by atoms with Crippen LogP contribution in [-0.4, -0.2) is 31.1 Å². The zero-order valence-electron chi connectivity index (χ0n) is 20.8. The van der Waals surface area contributed by atoms with E-state index in [9.17, 15) is 13.2 Å². The van der Waals surface area contributed by atoms with Crippen molar-refractivity contribution in [1.82, 2.24) is 4.90 Å². The maximum Gasteiger partial charge on any atom is 0.270 e. The summed E-state index contributed by atoms with van der Waals surface area (Å²) in [7, 11) is 0. The van der Waals surface area contributed by atoms with Gasteiger partial charge in [0.25, 0.3) is 5.92 Å². The van der Waals surface area contributed by atoms with Gasteiger partial charge in [0.1, 0.15) is 5.82 Å². The monoisotopic (exact) mass is 493 g/mol. The number of halogens is 3. The molecule has 1 fully saturated rings. The van der Waals surface area contributed by atoms with E-state index in [1.54, 1.807) is 24.3 Å². The number of alkyl halides is 2. The lowest BCUT2D eigenvalue weighted by Crippen LogP contribution is -2.45. The quantitative estimate of drug-likeness (QED) is 0.294. The summed E-state index contributed by atoms with van der Waals surface area (Å²) >= 11 is 0. The van der Waals surface area contributed by atoms with Crippen LogP contribution in [0.15, 0.2) is 99.6 Å². The minimum absolute atomic E-state index is 0.0169. The molecular formula is C30H34F3N3. The number of hydrogen-bond donors (Lipinski definition) is 1. The van der Waals surface area contributed by atoms with Crippen molar-refractivity contribution >= 4 is 17.1 Å². The standard InChI is InChI=1S/C26H26F3N3.2C2H4/c1-18(25-17-22(30)9-12-24(25)19-3-7-21(27)8-4-19)31-13-15-32(16-14-31)23-10-5-20(6-11-23)26(2,28)29;2*1-2/h3-12,17H,1,13-16,30H2,2H3;2*1-2H2. The molecule has 1 aliphatic heterocycles. The number of nitrogens with two attached hydrogens (primary N) is 1. The topological polar surface area (TPSA) is 32.5 Å². The Balaban J connectivity index is 0.00000109. The van der Waals surface area contributed by atoms with Gasteiger partial charge in [0.05, 0.1) is 0 Å². The van der Waals surface area contributed by atoms with E-state index in [0.29, 0.717) is 5.69 Å². The number of hydrogen-bond acceptors (Lipinski definition) is 3. The number of piperazine rings is 1. The lowest BCUT2D eigenvalue weighted by molar-refractivity contribution is 0.0175. The Hall–Kier alpha value is -3.93. The van der Waals surface area contributed by atoms with Crippen LogP contribution in [0, 0.1) is 5.82 Å². The van der Waals surface area contributed by atoms with Gasteiger partial charge in [-0.1, -0.05) is 36.9 Å². The summed E-state index contributed by atoms with van der Waals surface area (Å²) in [6, 6.07) is 18.5. The smallest absolute Gasteiger partial charge is 0.270 e. The summed E-state index contributed by atoms with van der Waals surface area (Å²) in [6.45, 7) is 20.2. The number of nitrogens with zero attached hydrogens (tertiary/aromatic N) is 2. The summed E-state index contributed by atoms with van der Waals surface area (Å²) < 4.78 is 40.3. The van der Waals surface area contributed by atoms with E-state index in [4.69, 9.17) is 5.73 Å². The molecule has 4 rings (SSSR count). The average molecular weight is 494 g/mol.